The zero-order valence-corrected chi connectivity index (χ0v) is 8.29. The molecular formula is C7H18FN5O. The molecule has 7 heteroatoms. The van der Waals surface area contributed by atoms with E-state index in [9.17, 15) is 9.18 Å². The van der Waals surface area contributed by atoms with Crippen LogP contribution in [0.4, 0.5) is 9.18 Å². The number of amides is 1. The number of carbonyl (C=O) groups excluding carboxylic acids is 1. The van der Waals surface area contributed by atoms with Gasteiger partial charge in [-0.15, -0.1) is 4.39 Å². The molecule has 0 bridgehead atoms. The summed E-state index contributed by atoms with van der Waals surface area (Å²) in [6.45, 7) is 3.24. The van der Waals surface area contributed by atoms with Crippen molar-refractivity contribution in [1.82, 2.24) is 5.32 Å². The van der Waals surface area contributed by atoms with Gasteiger partial charge in [-0.05, 0) is 6.42 Å². The number of nitrogens with two attached hydrogens (primary N) is 3. The fraction of sp³-hybridized carbons (Fsp3) is 0.714. The van der Waals surface area contributed by atoms with Crippen LogP contribution < -0.4 is 22.5 Å². The van der Waals surface area contributed by atoms with Crippen molar-refractivity contribution >= 4 is 12.1 Å². The Hall–Kier alpha value is -1.37. The Morgan fingerprint density at radius 2 is 2.07 bits per heavy atom. The third-order valence-corrected chi connectivity index (χ3v) is 0.926. The van der Waals surface area contributed by atoms with E-state index in [0.717, 1.165) is 13.0 Å². The second-order valence-corrected chi connectivity index (χ2v) is 2.30. The van der Waals surface area contributed by atoms with Crippen LogP contribution in [-0.2, 0) is 0 Å². The fourth-order valence-electron chi connectivity index (χ4n) is 0.411. The Bertz CT molecular complexity index is 169. The smallest absolute Gasteiger partial charge is 0.370 e. The number of nitrogens with one attached hydrogen (secondary N) is 1. The summed E-state index contributed by atoms with van der Waals surface area (Å²) in [7, 11) is 0. The number of hydrogen-bond donors (Lipinski definition) is 4. The van der Waals surface area contributed by atoms with Gasteiger partial charge >= 0.3 is 6.16 Å². The van der Waals surface area contributed by atoms with E-state index >= 15 is 0 Å². The van der Waals surface area contributed by atoms with Gasteiger partial charge in [-0.1, -0.05) is 6.92 Å². The molecule has 0 spiro atoms. The first-order valence-corrected chi connectivity index (χ1v) is 4.23. The SMILES string of the molecule is CCCN=C(N)N.NCCNC(=O)F. The van der Waals surface area contributed by atoms with Crippen molar-refractivity contribution < 1.29 is 9.18 Å². The molecule has 0 heterocycles. The normalized spacial score (nSPS) is 8.21. The molecule has 6 nitrogen and oxygen atoms in total. The maximum Gasteiger partial charge on any atom is 0.397 e. The van der Waals surface area contributed by atoms with Crippen LogP contribution in [0.15, 0.2) is 4.99 Å². The van der Waals surface area contributed by atoms with Crippen molar-refractivity contribution in [2.75, 3.05) is 19.6 Å². The molecule has 1 amide bonds. The van der Waals surface area contributed by atoms with Crippen LogP contribution in [0.25, 0.3) is 0 Å². The molecule has 0 aromatic heterocycles. The molecule has 0 rings (SSSR count). The number of halogens is 1. The van der Waals surface area contributed by atoms with Gasteiger partial charge in [-0.25, -0.2) is 4.79 Å². The molecule has 0 aromatic rings. The summed E-state index contributed by atoms with van der Waals surface area (Å²) in [5, 5.41) is 1.86. The molecule has 7 N–H and O–H groups in total. The zero-order chi connectivity index (χ0) is 11.4. The first-order valence-electron chi connectivity index (χ1n) is 4.23. The van der Waals surface area contributed by atoms with Crippen molar-refractivity contribution in [1.29, 1.82) is 0 Å². The van der Waals surface area contributed by atoms with Gasteiger partial charge in [0.25, 0.3) is 0 Å². The van der Waals surface area contributed by atoms with Crippen molar-refractivity contribution in [2.24, 2.45) is 22.2 Å². The number of carbonyl (C=O) groups is 1. The Kier molecular flexibility index (Phi) is 12.6. The van der Waals surface area contributed by atoms with E-state index in [1.165, 1.54) is 0 Å². The predicted molar refractivity (Wildman–Crippen MR) is 54.5 cm³/mol. The lowest BCUT2D eigenvalue weighted by atomic mass is 10.5. The lowest BCUT2D eigenvalue weighted by Crippen LogP contribution is -2.24. The predicted octanol–water partition coefficient (Wildman–Crippen LogP) is -0.706. The average molecular weight is 207 g/mol. The van der Waals surface area contributed by atoms with E-state index in [2.05, 4.69) is 4.99 Å². The second-order valence-electron chi connectivity index (χ2n) is 2.30. The quantitative estimate of drug-likeness (QED) is 0.211. The summed E-state index contributed by atoms with van der Waals surface area (Å²) in [5.41, 5.74) is 14.9. The topological polar surface area (TPSA) is 120 Å². The highest BCUT2D eigenvalue weighted by Gasteiger charge is 1.88. The van der Waals surface area contributed by atoms with Gasteiger partial charge in [0.15, 0.2) is 5.96 Å². The van der Waals surface area contributed by atoms with Crippen molar-refractivity contribution in [3.05, 3.63) is 0 Å². The molecular weight excluding hydrogens is 189 g/mol. The van der Waals surface area contributed by atoms with Gasteiger partial charge in [0.05, 0.1) is 0 Å². The molecule has 0 unspecified atom stereocenters. The molecule has 0 aromatic carbocycles. The second kappa shape index (κ2) is 11.6. The minimum atomic E-state index is -1.52. The molecule has 84 valence electrons. The van der Waals surface area contributed by atoms with Crippen LogP contribution in [-0.4, -0.2) is 31.8 Å². The maximum atomic E-state index is 11.1. The highest BCUT2D eigenvalue weighted by molar-refractivity contribution is 5.75. The van der Waals surface area contributed by atoms with Crippen molar-refractivity contribution in [3.8, 4) is 0 Å². The van der Waals surface area contributed by atoms with E-state index < -0.39 is 6.16 Å². The molecule has 0 aliphatic rings. The Morgan fingerprint density at radius 3 is 2.21 bits per heavy atom. The van der Waals surface area contributed by atoms with Gasteiger partial charge in [-0.3, -0.25) is 4.99 Å². The van der Waals surface area contributed by atoms with Crippen molar-refractivity contribution in [2.45, 2.75) is 13.3 Å². The molecule has 0 saturated heterocycles. The third kappa shape index (κ3) is 22.4. The summed E-state index contributed by atoms with van der Waals surface area (Å²) in [6, 6.07) is 0. The lowest BCUT2D eigenvalue weighted by Gasteiger charge is -1.90. The van der Waals surface area contributed by atoms with Crippen LogP contribution in [0.5, 0.6) is 0 Å². The number of rotatable bonds is 4. The van der Waals surface area contributed by atoms with E-state index in [-0.39, 0.29) is 19.0 Å². The van der Waals surface area contributed by atoms with E-state index in [4.69, 9.17) is 17.2 Å². The van der Waals surface area contributed by atoms with Gasteiger partial charge in [-0.2, -0.15) is 0 Å². The van der Waals surface area contributed by atoms with Crippen LogP contribution in [0.1, 0.15) is 13.3 Å². The molecule has 0 radical (unpaired) electrons. The molecule has 0 saturated carbocycles. The van der Waals surface area contributed by atoms with Gasteiger partial charge in [0.2, 0.25) is 0 Å². The minimum Gasteiger partial charge on any atom is -0.370 e. The van der Waals surface area contributed by atoms with E-state index in [0.29, 0.717) is 0 Å². The Labute approximate surface area is 82.7 Å². The number of hydrogen-bond acceptors (Lipinski definition) is 3. The number of aliphatic imine (C=N–C) groups is 1. The van der Waals surface area contributed by atoms with Gasteiger partial charge in [0.1, 0.15) is 0 Å². The van der Waals surface area contributed by atoms with Gasteiger partial charge in [0, 0.05) is 19.6 Å². The highest BCUT2D eigenvalue weighted by Crippen LogP contribution is 1.73. The Morgan fingerprint density at radius 1 is 1.50 bits per heavy atom. The van der Waals surface area contributed by atoms with Crippen LogP contribution in [0, 0.1) is 0 Å². The summed E-state index contributed by atoms with van der Waals surface area (Å²) < 4.78 is 11.1. The summed E-state index contributed by atoms with van der Waals surface area (Å²) in [4.78, 5) is 13.1. The van der Waals surface area contributed by atoms with E-state index in [1.54, 1.807) is 0 Å². The van der Waals surface area contributed by atoms with Crippen LogP contribution in [0.2, 0.25) is 0 Å². The molecule has 0 aliphatic heterocycles. The largest absolute Gasteiger partial charge is 0.397 e. The monoisotopic (exact) mass is 207 g/mol. The molecule has 0 fully saturated rings. The van der Waals surface area contributed by atoms with E-state index in [1.807, 2.05) is 12.2 Å². The lowest BCUT2D eigenvalue weighted by molar-refractivity contribution is 0.222. The number of guanidine groups is 1. The zero-order valence-electron chi connectivity index (χ0n) is 8.29. The third-order valence-electron chi connectivity index (χ3n) is 0.926. The minimum absolute atomic E-state index is 0.182. The Balaban J connectivity index is 0. The average Bonchev–Trinajstić information content (AvgIpc) is 2.12. The highest BCUT2D eigenvalue weighted by atomic mass is 19.1. The fourth-order valence-corrected chi connectivity index (χ4v) is 0.411. The summed E-state index contributed by atoms with van der Waals surface area (Å²) >= 11 is 0. The van der Waals surface area contributed by atoms with Crippen molar-refractivity contribution in [3.63, 3.8) is 0 Å². The summed E-state index contributed by atoms with van der Waals surface area (Å²) in [5.74, 6) is 0.182. The standard InChI is InChI=1S/C4H11N3.C3H7FN2O/c1-2-3-7-4(5)6;4-3(7)6-2-1-5/h2-3H2,1H3,(H4,5,6,7);1-2,5H2,(H,6,7). The van der Waals surface area contributed by atoms with Gasteiger partial charge < -0.3 is 22.5 Å². The maximum absolute atomic E-state index is 11.1. The molecule has 0 atom stereocenters. The first-order chi connectivity index (χ1) is 6.54. The molecule has 0 aliphatic carbocycles. The van der Waals surface area contributed by atoms with Crippen LogP contribution in [0.3, 0.4) is 0 Å². The first kappa shape index (κ1) is 15.1. The number of nitrogens with zero attached hydrogens (tertiary/aromatic N) is 1. The summed E-state index contributed by atoms with van der Waals surface area (Å²) in [6.07, 6.45) is -0.525. The molecule has 14 heavy (non-hydrogen) atoms. The van der Waals surface area contributed by atoms with Crippen LogP contribution >= 0.6 is 0 Å².